The molecule has 23 heavy (non-hydrogen) atoms. The summed E-state index contributed by atoms with van der Waals surface area (Å²) in [6.45, 7) is 0.481. The third kappa shape index (κ3) is 3.60. The van der Waals surface area contributed by atoms with Crippen LogP contribution in [-0.4, -0.2) is 27.6 Å². The number of fused-ring (bicyclic) bond motifs is 1. The van der Waals surface area contributed by atoms with Crippen LogP contribution >= 0.6 is 11.8 Å². The molecule has 3 aromatic rings. The molecule has 0 aliphatic rings. The second-order valence-corrected chi connectivity index (χ2v) is 5.99. The number of amides is 1. The van der Waals surface area contributed by atoms with Crippen molar-refractivity contribution in [3.05, 3.63) is 76.8 Å². The zero-order chi connectivity index (χ0) is 16.1. The van der Waals surface area contributed by atoms with E-state index in [9.17, 15) is 9.59 Å². The van der Waals surface area contributed by atoms with Crippen LogP contribution in [0.2, 0.25) is 0 Å². The smallest absolute Gasteiger partial charge is 0.270 e. The first-order valence-electron chi connectivity index (χ1n) is 7.18. The number of carbonyl (C=O) groups is 1. The van der Waals surface area contributed by atoms with Crippen LogP contribution in [-0.2, 0) is 0 Å². The highest BCUT2D eigenvalue weighted by Crippen LogP contribution is 2.15. The fourth-order valence-corrected chi connectivity index (χ4v) is 2.92. The van der Waals surface area contributed by atoms with Crippen LogP contribution in [0.5, 0.6) is 0 Å². The van der Waals surface area contributed by atoms with Crippen molar-refractivity contribution in [2.45, 2.75) is 4.90 Å². The minimum absolute atomic E-state index is 0.0541. The maximum absolute atomic E-state index is 12.3. The molecule has 3 rings (SSSR count). The van der Waals surface area contributed by atoms with Crippen LogP contribution < -0.4 is 10.9 Å². The average Bonchev–Trinajstić information content (AvgIpc) is 2.60. The van der Waals surface area contributed by atoms with Crippen molar-refractivity contribution in [2.75, 3.05) is 12.3 Å². The van der Waals surface area contributed by atoms with Crippen LogP contribution in [0.4, 0.5) is 0 Å². The molecule has 0 atom stereocenters. The predicted octanol–water partition coefficient (Wildman–Crippen LogP) is 2.22. The Labute approximate surface area is 137 Å². The van der Waals surface area contributed by atoms with Gasteiger partial charge in [-0.15, -0.1) is 11.8 Å². The molecule has 0 unspecified atom stereocenters. The second kappa shape index (κ2) is 7.11. The van der Waals surface area contributed by atoms with Crippen molar-refractivity contribution in [3.63, 3.8) is 0 Å². The lowest BCUT2D eigenvalue weighted by Crippen LogP contribution is -2.32. The van der Waals surface area contributed by atoms with Gasteiger partial charge in [-0.3, -0.25) is 14.0 Å². The predicted molar refractivity (Wildman–Crippen MR) is 91.0 cm³/mol. The molecular weight excluding hydrogens is 310 g/mol. The summed E-state index contributed by atoms with van der Waals surface area (Å²) < 4.78 is 1.37. The van der Waals surface area contributed by atoms with Gasteiger partial charge in [0.1, 0.15) is 11.2 Å². The molecule has 0 spiro atoms. The van der Waals surface area contributed by atoms with Crippen LogP contribution in [0, 0.1) is 0 Å². The Hall–Kier alpha value is -2.60. The average molecular weight is 325 g/mol. The van der Waals surface area contributed by atoms with Gasteiger partial charge in [-0.1, -0.05) is 24.3 Å². The van der Waals surface area contributed by atoms with E-state index in [1.807, 2.05) is 30.3 Å². The van der Waals surface area contributed by atoms with E-state index in [1.165, 1.54) is 10.6 Å². The zero-order valence-electron chi connectivity index (χ0n) is 12.3. The fourth-order valence-electron chi connectivity index (χ4n) is 2.13. The first kappa shape index (κ1) is 15.3. The van der Waals surface area contributed by atoms with Gasteiger partial charge >= 0.3 is 0 Å². The van der Waals surface area contributed by atoms with Crippen molar-refractivity contribution < 1.29 is 4.79 Å². The molecule has 0 saturated carbocycles. The molecule has 116 valence electrons. The Bertz CT molecular complexity index is 878. The Morgan fingerprint density at radius 3 is 2.74 bits per heavy atom. The summed E-state index contributed by atoms with van der Waals surface area (Å²) in [6, 6.07) is 15.2. The van der Waals surface area contributed by atoms with Gasteiger partial charge in [-0.05, 0) is 24.3 Å². The Kier molecular flexibility index (Phi) is 4.73. The lowest BCUT2D eigenvalue weighted by Gasteiger charge is -2.06. The summed E-state index contributed by atoms with van der Waals surface area (Å²) in [4.78, 5) is 29.7. The molecule has 5 nitrogen and oxygen atoms in total. The minimum Gasteiger partial charge on any atom is -0.351 e. The lowest BCUT2D eigenvalue weighted by atomic mass is 10.3. The molecular formula is C17H15N3O2S. The summed E-state index contributed by atoms with van der Waals surface area (Å²) in [5.74, 6) is 0.340. The molecule has 0 saturated heterocycles. The van der Waals surface area contributed by atoms with Crippen molar-refractivity contribution >= 4 is 23.3 Å². The SMILES string of the molecule is O=C(NCCSc1ccccc1)c1cnc2ccccn2c1=O. The molecule has 1 N–H and O–H groups in total. The molecule has 1 aromatic carbocycles. The fraction of sp³-hybridized carbons (Fsp3) is 0.118. The summed E-state index contributed by atoms with van der Waals surface area (Å²) in [5.41, 5.74) is 0.218. The second-order valence-electron chi connectivity index (χ2n) is 4.82. The van der Waals surface area contributed by atoms with Gasteiger partial charge in [0.05, 0.1) is 0 Å². The Morgan fingerprint density at radius 1 is 1.13 bits per heavy atom. The van der Waals surface area contributed by atoms with E-state index < -0.39 is 5.91 Å². The molecule has 0 radical (unpaired) electrons. The summed E-state index contributed by atoms with van der Waals surface area (Å²) in [7, 11) is 0. The Balaban J connectivity index is 1.62. The van der Waals surface area contributed by atoms with E-state index in [2.05, 4.69) is 10.3 Å². The molecule has 2 aromatic heterocycles. The normalized spacial score (nSPS) is 10.6. The summed E-state index contributed by atoms with van der Waals surface area (Å²) in [6.07, 6.45) is 2.93. The number of thioether (sulfide) groups is 1. The van der Waals surface area contributed by atoms with Crippen LogP contribution in [0.25, 0.3) is 5.65 Å². The number of hydrogen-bond acceptors (Lipinski definition) is 4. The maximum Gasteiger partial charge on any atom is 0.270 e. The highest BCUT2D eigenvalue weighted by atomic mass is 32.2. The maximum atomic E-state index is 12.3. The molecule has 0 aliphatic carbocycles. The Morgan fingerprint density at radius 2 is 1.91 bits per heavy atom. The van der Waals surface area contributed by atoms with Crippen molar-refractivity contribution in [2.24, 2.45) is 0 Å². The number of hydrogen-bond donors (Lipinski definition) is 1. The van der Waals surface area contributed by atoms with Crippen molar-refractivity contribution in [3.8, 4) is 0 Å². The molecule has 0 fully saturated rings. The molecule has 2 heterocycles. The van der Waals surface area contributed by atoms with Crippen LogP contribution in [0.15, 0.2) is 70.6 Å². The van der Waals surface area contributed by atoms with E-state index in [-0.39, 0.29) is 11.1 Å². The molecule has 0 aliphatic heterocycles. The number of nitrogens with zero attached hydrogens (tertiary/aromatic N) is 2. The van der Waals surface area contributed by atoms with E-state index in [0.717, 1.165) is 10.6 Å². The topological polar surface area (TPSA) is 63.5 Å². The van der Waals surface area contributed by atoms with Crippen molar-refractivity contribution in [1.29, 1.82) is 0 Å². The lowest BCUT2D eigenvalue weighted by molar-refractivity contribution is 0.0954. The first-order valence-corrected chi connectivity index (χ1v) is 8.17. The highest BCUT2D eigenvalue weighted by Gasteiger charge is 2.12. The first-order chi connectivity index (χ1) is 11.3. The number of pyridine rings is 1. The third-order valence-electron chi connectivity index (χ3n) is 3.26. The van der Waals surface area contributed by atoms with E-state index in [1.54, 1.807) is 36.2 Å². The number of nitrogens with one attached hydrogen (secondary N) is 1. The third-order valence-corrected chi connectivity index (χ3v) is 4.27. The van der Waals surface area contributed by atoms with Gasteiger partial charge in [-0.25, -0.2) is 4.98 Å². The number of rotatable bonds is 5. The van der Waals surface area contributed by atoms with Gasteiger partial charge in [0.15, 0.2) is 0 Å². The van der Waals surface area contributed by atoms with Gasteiger partial charge in [0, 0.05) is 29.6 Å². The number of aromatic nitrogens is 2. The largest absolute Gasteiger partial charge is 0.351 e. The number of carbonyl (C=O) groups excluding carboxylic acids is 1. The van der Waals surface area contributed by atoms with Gasteiger partial charge < -0.3 is 5.32 Å². The van der Waals surface area contributed by atoms with Gasteiger partial charge in [0.2, 0.25) is 0 Å². The van der Waals surface area contributed by atoms with Crippen LogP contribution in [0.3, 0.4) is 0 Å². The van der Waals surface area contributed by atoms with E-state index in [0.29, 0.717) is 12.2 Å². The van der Waals surface area contributed by atoms with E-state index >= 15 is 0 Å². The molecule has 1 amide bonds. The quantitative estimate of drug-likeness (QED) is 0.577. The number of benzene rings is 1. The zero-order valence-corrected chi connectivity index (χ0v) is 13.1. The molecule has 0 bridgehead atoms. The minimum atomic E-state index is -0.394. The summed E-state index contributed by atoms with van der Waals surface area (Å²) in [5, 5.41) is 2.76. The standard InChI is InChI=1S/C17H15N3O2S/c21-16(18-9-11-23-13-6-2-1-3-7-13)14-12-19-15-8-4-5-10-20(15)17(14)22/h1-8,10,12H,9,11H2,(H,18,21). The summed E-state index contributed by atoms with van der Waals surface area (Å²) >= 11 is 1.65. The van der Waals surface area contributed by atoms with Crippen molar-refractivity contribution in [1.82, 2.24) is 14.7 Å². The van der Waals surface area contributed by atoms with Gasteiger partial charge in [0.25, 0.3) is 11.5 Å². The molecule has 6 heteroatoms. The monoisotopic (exact) mass is 325 g/mol. The van der Waals surface area contributed by atoms with Crippen LogP contribution in [0.1, 0.15) is 10.4 Å². The highest BCUT2D eigenvalue weighted by molar-refractivity contribution is 7.99. The van der Waals surface area contributed by atoms with E-state index in [4.69, 9.17) is 0 Å². The van der Waals surface area contributed by atoms with Gasteiger partial charge in [-0.2, -0.15) is 0 Å².